The maximum atomic E-state index is 5.39. The highest BCUT2D eigenvalue weighted by atomic mass is 16.7. The lowest BCUT2D eigenvalue weighted by atomic mass is 10.2. The van der Waals surface area contributed by atoms with Crippen molar-refractivity contribution in [1.82, 2.24) is 0 Å². The van der Waals surface area contributed by atoms with Crippen molar-refractivity contribution in [3.05, 3.63) is 42.0 Å². The lowest BCUT2D eigenvalue weighted by molar-refractivity contribution is 0.174. The number of aliphatic imine (C=N–C) groups is 1. The minimum Gasteiger partial charge on any atom is -0.496 e. The van der Waals surface area contributed by atoms with Gasteiger partial charge < -0.3 is 19.1 Å². The number of rotatable bonds is 4. The molecular weight excluding hydrogens is 280 g/mol. The van der Waals surface area contributed by atoms with E-state index in [-0.39, 0.29) is 6.79 Å². The van der Waals surface area contributed by atoms with Crippen molar-refractivity contribution in [2.75, 3.05) is 32.9 Å². The molecule has 2 aromatic rings. The van der Waals surface area contributed by atoms with Gasteiger partial charge in [0.15, 0.2) is 11.5 Å². The third kappa shape index (κ3) is 2.83. The van der Waals surface area contributed by atoms with E-state index >= 15 is 0 Å². The van der Waals surface area contributed by atoms with Crippen LogP contribution in [0.3, 0.4) is 0 Å². The van der Waals surface area contributed by atoms with Gasteiger partial charge in [0.1, 0.15) is 5.75 Å². The molecular formula is C17H18N2O3. The fourth-order valence-corrected chi connectivity index (χ4v) is 2.20. The normalized spacial score (nSPS) is 12.7. The number of methoxy groups -OCH3 is 1. The zero-order chi connectivity index (χ0) is 15.5. The van der Waals surface area contributed by atoms with Crippen molar-refractivity contribution in [1.29, 1.82) is 0 Å². The summed E-state index contributed by atoms with van der Waals surface area (Å²) >= 11 is 0. The largest absolute Gasteiger partial charge is 0.496 e. The molecule has 2 aromatic carbocycles. The highest BCUT2D eigenvalue weighted by Gasteiger charge is 2.16. The van der Waals surface area contributed by atoms with Gasteiger partial charge in [-0.05, 0) is 30.3 Å². The van der Waals surface area contributed by atoms with Gasteiger partial charge >= 0.3 is 0 Å². The molecule has 22 heavy (non-hydrogen) atoms. The lowest BCUT2D eigenvalue weighted by Crippen LogP contribution is -2.07. The summed E-state index contributed by atoms with van der Waals surface area (Å²) < 4.78 is 16.1. The molecule has 0 radical (unpaired) electrons. The molecule has 0 unspecified atom stereocenters. The molecule has 0 bridgehead atoms. The second kappa shape index (κ2) is 5.97. The summed E-state index contributed by atoms with van der Waals surface area (Å²) in [6.07, 6.45) is 1.77. The van der Waals surface area contributed by atoms with E-state index in [0.717, 1.165) is 16.9 Å². The molecule has 0 aliphatic carbocycles. The van der Waals surface area contributed by atoms with Crippen molar-refractivity contribution in [2.45, 2.75) is 0 Å². The van der Waals surface area contributed by atoms with Gasteiger partial charge in [0.2, 0.25) is 6.79 Å². The van der Waals surface area contributed by atoms with Crippen LogP contribution in [-0.4, -0.2) is 34.2 Å². The summed E-state index contributed by atoms with van der Waals surface area (Å²) in [4.78, 5) is 6.54. The first-order valence-corrected chi connectivity index (χ1v) is 6.96. The Morgan fingerprint density at radius 3 is 2.41 bits per heavy atom. The maximum absolute atomic E-state index is 5.39. The van der Waals surface area contributed by atoms with Gasteiger partial charge in [-0.2, -0.15) is 0 Å². The molecule has 0 saturated heterocycles. The molecule has 0 aromatic heterocycles. The molecule has 0 atom stereocenters. The number of fused-ring (bicyclic) bond motifs is 1. The van der Waals surface area contributed by atoms with Gasteiger partial charge in [0, 0.05) is 37.6 Å². The Morgan fingerprint density at radius 1 is 1.09 bits per heavy atom. The predicted octanol–water partition coefficient (Wildman–Crippen LogP) is 3.24. The monoisotopic (exact) mass is 298 g/mol. The molecule has 1 heterocycles. The Labute approximate surface area is 129 Å². The Balaban J connectivity index is 1.85. The van der Waals surface area contributed by atoms with Gasteiger partial charge in [-0.15, -0.1) is 0 Å². The van der Waals surface area contributed by atoms with Crippen LogP contribution in [0.15, 0.2) is 41.4 Å². The average molecular weight is 298 g/mol. The summed E-state index contributed by atoms with van der Waals surface area (Å²) in [6, 6.07) is 11.7. The van der Waals surface area contributed by atoms with Crippen LogP contribution in [0.4, 0.5) is 11.4 Å². The molecule has 0 N–H and O–H groups in total. The first-order chi connectivity index (χ1) is 10.7. The fraction of sp³-hybridized carbons (Fsp3) is 0.235. The van der Waals surface area contributed by atoms with Crippen molar-refractivity contribution in [3.63, 3.8) is 0 Å². The van der Waals surface area contributed by atoms with Crippen LogP contribution in [0.5, 0.6) is 17.2 Å². The van der Waals surface area contributed by atoms with Crippen molar-refractivity contribution in [2.24, 2.45) is 4.99 Å². The summed E-state index contributed by atoms with van der Waals surface area (Å²) in [5, 5.41) is 0. The Morgan fingerprint density at radius 2 is 1.77 bits per heavy atom. The van der Waals surface area contributed by atoms with Crippen LogP contribution in [0.2, 0.25) is 0 Å². The van der Waals surface area contributed by atoms with Crippen LogP contribution in [0, 0.1) is 0 Å². The molecule has 0 fully saturated rings. The van der Waals surface area contributed by atoms with Gasteiger partial charge in [0.25, 0.3) is 0 Å². The first-order valence-electron chi connectivity index (χ1n) is 6.96. The second-order valence-corrected chi connectivity index (χ2v) is 5.12. The van der Waals surface area contributed by atoms with Crippen molar-refractivity contribution < 1.29 is 14.2 Å². The highest BCUT2D eigenvalue weighted by Crippen LogP contribution is 2.37. The SMILES string of the molecule is COc1cc2c(cc1C=Nc1ccc(N(C)C)cc1)OCO2. The van der Waals surface area contributed by atoms with Gasteiger partial charge in [-0.1, -0.05) is 0 Å². The average Bonchev–Trinajstić information content (AvgIpc) is 2.99. The zero-order valence-electron chi connectivity index (χ0n) is 12.9. The second-order valence-electron chi connectivity index (χ2n) is 5.12. The number of benzene rings is 2. The van der Waals surface area contributed by atoms with Gasteiger partial charge in [-0.25, -0.2) is 0 Å². The van der Waals surface area contributed by atoms with Gasteiger partial charge in [0.05, 0.1) is 12.8 Å². The van der Waals surface area contributed by atoms with E-state index in [9.17, 15) is 0 Å². The van der Waals surface area contributed by atoms with E-state index in [4.69, 9.17) is 14.2 Å². The minimum atomic E-state index is 0.241. The summed E-state index contributed by atoms with van der Waals surface area (Å²) in [7, 11) is 5.65. The molecule has 1 aliphatic rings. The smallest absolute Gasteiger partial charge is 0.231 e. The number of hydrogen-bond acceptors (Lipinski definition) is 5. The number of hydrogen-bond donors (Lipinski definition) is 0. The van der Waals surface area contributed by atoms with Crippen LogP contribution in [-0.2, 0) is 0 Å². The van der Waals surface area contributed by atoms with Crippen LogP contribution >= 0.6 is 0 Å². The van der Waals surface area contributed by atoms with Crippen molar-refractivity contribution in [3.8, 4) is 17.2 Å². The number of anilines is 1. The lowest BCUT2D eigenvalue weighted by Gasteiger charge is -2.11. The Kier molecular flexibility index (Phi) is 3.87. The van der Waals surface area contributed by atoms with Crippen LogP contribution in [0.25, 0.3) is 0 Å². The minimum absolute atomic E-state index is 0.241. The molecule has 1 aliphatic heterocycles. The van der Waals surface area contributed by atoms with E-state index in [2.05, 4.69) is 4.99 Å². The number of ether oxygens (including phenoxy) is 3. The quantitative estimate of drug-likeness (QED) is 0.813. The third-order valence-electron chi connectivity index (χ3n) is 3.44. The summed E-state index contributed by atoms with van der Waals surface area (Å²) in [5.74, 6) is 2.12. The summed E-state index contributed by atoms with van der Waals surface area (Å²) in [6.45, 7) is 0.241. The Hall–Kier alpha value is -2.69. The Bertz CT molecular complexity index is 694. The van der Waals surface area contributed by atoms with Crippen LogP contribution < -0.4 is 19.1 Å². The van der Waals surface area contributed by atoms with E-state index in [0.29, 0.717) is 17.2 Å². The van der Waals surface area contributed by atoms with Gasteiger partial charge in [-0.3, -0.25) is 4.99 Å². The number of nitrogens with zero attached hydrogens (tertiary/aromatic N) is 2. The molecule has 5 heteroatoms. The maximum Gasteiger partial charge on any atom is 0.231 e. The standard InChI is InChI=1S/C17H18N2O3/c1-19(2)14-6-4-13(5-7-14)18-10-12-8-16-17(22-11-21-16)9-15(12)20-3/h4-10H,11H2,1-3H3. The van der Waals surface area contributed by atoms with E-state index in [1.807, 2.05) is 55.4 Å². The van der Waals surface area contributed by atoms with Crippen molar-refractivity contribution >= 4 is 17.6 Å². The van der Waals surface area contributed by atoms with E-state index in [1.165, 1.54) is 0 Å². The summed E-state index contributed by atoms with van der Waals surface area (Å²) in [5.41, 5.74) is 2.87. The fourth-order valence-electron chi connectivity index (χ4n) is 2.20. The molecule has 0 amide bonds. The topological polar surface area (TPSA) is 43.3 Å². The predicted molar refractivity (Wildman–Crippen MR) is 87.1 cm³/mol. The highest BCUT2D eigenvalue weighted by molar-refractivity contribution is 5.87. The first kappa shape index (κ1) is 14.3. The molecule has 3 rings (SSSR count). The zero-order valence-corrected chi connectivity index (χ0v) is 12.9. The molecule has 0 saturated carbocycles. The third-order valence-corrected chi connectivity index (χ3v) is 3.44. The molecule has 0 spiro atoms. The van der Waals surface area contributed by atoms with Crippen LogP contribution in [0.1, 0.15) is 5.56 Å². The van der Waals surface area contributed by atoms with E-state index in [1.54, 1.807) is 13.3 Å². The molecule has 5 nitrogen and oxygen atoms in total. The molecule has 114 valence electrons. The van der Waals surface area contributed by atoms with E-state index < -0.39 is 0 Å².